The standard InChI is InChI=1S/C67H46N2/c1-4-23-47(24-5-1)48-43-45-50(46-44-48)53-30-13-18-38-61(53)69(62-39-19-14-32-55(62)54-31-11-10-29-52(54)49-25-6-2-7-26-49)65-42-22-37-60-66(65)56-33-12-15-34-57(56)67(60)58-35-16-20-40-63(58)68(51-27-8-3-9-28-51)64-41-21-17-36-59(64)67/h1-46H. The molecule has 1 aliphatic heterocycles. The van der Waals surface area contributed by atoms with Crippen LogP contribution in [-0.2, 0) is 5.41 Å². The Bertz CT molecular complexity index is 3620. The molecule has 0 saturated heterocycles. The van der Waals surface area contributed by atoms with Gasteiger partial charge >= 0.3 is 0 Å². The Labute approximate surface area is 404 Å². The van der Waals surface area contributed by atoms with Crippen LogP contribution in [0.2, 0.25) is 0 Å². The normalized spacial score (nSPS) is 12.7. The van der Waals surface area contributed by atoms with Crippen LogP contribution in [0.5, 0.6) is 0 Å². The third kappa shape index (κ3) is 6.41. The molecule has 1 heterocycles. The zero-order chi connectivity index (χ0) is 45.7. The summed E-state index contributed by atoms with van der Waals surface area (Å²) in [6.45, 7) is 0. The Kier molecular flexibility index (Phi) is 9.77. The number of fused-ring (bicyclic) bond motifs is 9. The molecular formula is C67H46N2. The predicted octanol–water partition coefficient (Wildman–Crippen LogP) is 18.0. The summed E-state index contributed by atoms with van der Waals surface area (Å²) in [5.41, 5.74) is 23.1. The maximum Gasteiger partial charge on any atom is 0.0755 e. The Morgan fingerprint density at radius 3 is 1.30 bits per heavy atom. The summed E-state index contributed by atoms with van der Waals surface area (Å²) < 4.78 is 0. The summed E-state index contributed by atoms with van der Waals surface area (Å²) in [6.07, 6.45) is 0. The highest BCUT2D eigenvalue weighted by Crippen LogP contribution is 2.65. The maximum absolute atomic E-state index is 2.56. The van der Waals surface area contributed by atoms with Crippen LogP contribution in [0.15, 0.2) is 279 Å². The molecule has 0 amide bonds. The second kappa shape index (κ2) is 16.7. The first-order valence-electron chi connectivity index (χ1n) is 23.9. The van der Waals surface area contributed by atoms with E-state index in [0.29, 0.717) is 0 Å². The van der Waals surface area contributed by atoms with Crippen LogP contribution in [0.25, 0.3) is 55.6 Å². The molecule has 0 atom stereocenters. The SMILES string of the molecule is c1ccc(-c2ccc(-c3ccccc3N(c3ccccc3-c3ccccc3-c3ccccc3)c3cccc4c3-c3ccccc3C43c4ccccc4N(c4ccccc4)c4ccccc43)cc2)cc1. The van der Waals surface area contributed by atoms with E-state index in [1.807, 2.05) is 0 Å². The lowest BCUT2D eigenvalue weighted by molar-refractivity contribution is 0.752. The van der Waals surface area contributed by atoms with Crippen LogP contribution in [0.4, 0.5) is 34.1 Å². The minimum absolute atomic E-state index is 0.613. The molecule has 2 nitrogen and oxygen atoms in total. The van der Waals surface area contributed by atoms with Gasteiger partial charge in [0.1, 0.15) is 0 Å². The summed E-state index contributed by atoms with van der Waals surface area (Å²) in [6, 6.07) is 102. The highest BCUT2D eigenvalue weighted by atomic mass is 15.2. The van der Waals surface area contributed by atoms with Gasteiger partial charge in [-0.05, 0) is 104 Å². The Morgan fingerprint density at radius 2 is 0.652 bits per heavy atom. The van der Waals surface area contributed by atoms with Crippen LogP contribution >= 0.6 is 0 Å². The van der Waals surface area contributed by atoms with E-state index in [-0.39, 0.29) is 0 Å². The average molecular weight is 879 g/mol. The molecule has 0 aromatic heterocycles. The molecular weight excluding hydrogens is 833 g/mol. The zero-order valence-electron chi connectivity index (χ0n) is 38.0. The van der Waals surface area contributed by atoms with E-state index in [9.17, 15) is 0 Å². The van der Waals surface area contributed by atoms with Crippen molar-refractivity contribution < 1.29 is 0 Å². The van der Waals surface area contributed by atoms with E-state index in [2.05, 4.69) is 289 Å². The van der Waals surface area contributed by atoms with E-state index in [4.69, 9.17) is 0 Å². The lowest BCUT2D eigenvalue weighted by Gasteiger charge is -2.45. The molecule has 0 fully saturated rings. The van der Waals surface area contributed by atoms with Gasteiger partial charge in [-0.25, -0.2) is 0 Å². The fourth-order valence-electron chi connectivity index (χ4n) is 11.4. The van der Waals surface area contributed by atoms with Crippen molar-refractivity contribution in [3.63, 3.8) is 0 Å². The molecule has 2 aliphatic rings. The fourth-order valence-corrected chi connectivity index (χ4v) is 11.4. The molecule has 0 radical (unpaired) electrons. The third-order valence-corrected chi connectivity index (χ3v) is 14.3. The highest BCUT2D eigenvalue weighted by molar-refractivity contribution is 6.04. The van der Waals surface area contributed by atoms with Crippen molar-refractivity contribution in [2.45, 2.75) is 5.41 Å². The molecule has 11 aromatic carbocycles. The molecule has 0 saturated carbocycles. The van der Waals surface area contributed by atoms with Gasteiger partial charge in [-0.15, -0.1) is 0 Å². The quantitative estimate of drug-likeness (QED) is 0.150. The molecule has 1 aliphatic carbocycles. The van der Waals surface area contributed by atoms with Crippen LogP contribution in [0, 0.1) is 0 Å². The Hall–Kier alpha value is -8.98. The van der Waals surface area contributed by atoms with Crippen LogP contribution < -0.4 is 9.80 Å². The van der Waals surface area contributed by atoms with Crippen molar-refractivity contribution >= 4 is 34.1 Å². The van der Waals surface area contributed by atoms with E-state index < -0.39 is 5.41 Å². The molecule has 0 unspecified atom stereocenters. The summed E-state index contributed by atoms with van der Waals surface area (Å²) in [5, 5.41) is 0. The van der Waals surface area contributed by atoms with Gasteiger partial charge < -0.3 is 9.80 Å². The fraction of sp³-hybridized carbons (Fsp3) is 0.0149. The molecule has 13 rings (SSSR count). The highest BCUT2D eigenvalue weighted by Gasteiger charge is 2.52. The van der Waals surface area contributed by atoms with Gasteiger partial charge in [0, 0.05) is 22.4 Å². The van der Waals surface area contributed by atoms with Gasteiger partial charge in [0.05, 0.1) is 33.9 Å². The topological polar surface area (TPSA) is 6.48 Å². The van der Waals surface area contributed by atoms with Gasteiger partial charge in [0.15, 0.2) is 0 Å². The molecule has 0 bridgehead atoms. The number of benzene rings is 11. The minimum Gasteiger partial charge on any atom is -0.310 e. The lowest BCUT2D eigenvalue weighted by atomic mass is 9.64. The largest absolute Gasteiger partial charge is 0.310 e. The van der Waals surface area contributed by atoms with Gasteiger partial charge in [-0.2, -0.15) is 0 Å². The number of anilines is 6. The summed E-state index contributed by atoms with van der Waals surface area (Å²) in [7, 11) is 0. The number of para-hydroxylation sites is 5. The van der Waals surface area contributed by atoms with Crippen LogP contribution in [-0.4, -0.2) is 0 Å². The Morgan fingerprint density at radius 1 is 0.246 bits per heavy atom. The number of rotatable bonds is 8. The van der Waals surface area contributed by atoms with E-state index in [0.717, 1.165) is 39.4 Å². The van der Waals surface area contributed by atoms with Crippen molar-refractivity contribution in [1.82, 2.24) is 0 Å². The van der Waals surface area contributed by atoms with Gasteiger partial charge in [-0.1, -0.05) is 237 Å². The van der Waals surface area contributed by atoms with Gasteiger partial charge in [-0.3, -0.25) is 0 Å². The van der Waals surface area contributed by atoms with Crippen LogP contribution in [0.3, 0.4) is 0 Å². The summed E-state index contributed by atoms with van der Waals surface area (Å²) in [4.78, 5) is 5.01. The van der Waals surface area contributed by atoms with Crippen molar-refractivity contribution in [1.29, 1.82) is 0 Å². The van der Waals surface area contributed by atoms with Crippen molar-refractivity contribution in [3.8, 4) is 55.6 Å². The molecule has 324 valence electrons. The molecule has 2 heteroatoms. The van der Waals surface area contributed by atoms with Crippen molar-refractivity contribution in [3.05, 3.63) is 301 Å². The van der Waals surface area contributed by atoms with E-state index >= 15 is 0 Å². The first-order chi connectivity index (χ1) is 34.3. The number of nitrogens with zero attached hydrogens (tertiary/aromatic N) is 2. The Balaban J connectivity index is 1.10. The lowest BCUT2D eigenvalue weighted by Crippen LogP contribution is -2.36. The van der Waals surface area contributed by atoms with Crippen molar-refractivity contribution in [2.24, 2.45) is 0 Å². The summed E-state index contributed by atoms with van der Waals surface area (Å²) >= 11 is 0. The monoisotopic (exact) mass is 878 g/mol. The summed E-state index contributed by atoms with van der Waals surface area (Å²) in [5.74, 6) is 0. The molecule has 69 heavy (non-hydrogen) atoms. The minimum atomic E-state index is -0.613. The second-order valence-electron chi connectivity index (χ2n) is 17.9. The second-order valence-corrected chi connectivity index (χ2v) is 17.9. The molecule has 0 N–H and O–H groups in total. The molecule has 11 aromatic rings. The van der Waals surface area contributed by atoms with Gasteiger partial charge in [0.2, 0.25) is 0 Å². The molecule has 1 spiro atoms. The number of hydrogen-bond donors (Lipinski definition) is 0. The average Bonchev–Trinajstić information content (AvgIpc) is 3.73. The van der Waals surface area contributed by atoms with Crippen LogP contribution in [0.1, 0.15) is 22.3 Å². The predicted molar refractivity (Wildman–Crippen MR) is 288 cm³/mol. The zero-order valence-corrected chi connectivity index (χ0v) is 38.0. The third-order valence-electron chi connectivity index (χ3n) is 14.3. The maximum atomic E-state index is 2.56. The van der Waals surface area contributed by atoms with Crippen molar-refractivity contribution in [2.75, 3.05) is 9.80 Å². The van der Waals surface area contributed by atoms with E-state index in [1.165, 1.54) is 72.6 Å². The van der Waals surface area contributed by atoms with E-state index in [1.54, 1.807) is 0 Å². The first-order valence-corrected chi connectivity index (χ1v) is 23.9. The first kappa shape index (κ1) is 40.3. The van der Waals surface area contributed by atoms with Gasteiger partial charge in [0.25, 0.3) is 0 Å². The smallest absolute Gasteiger partial charge is 0.0755 e. The number of hydrogen-bond acceptors (Lipinski definition) is 2.